The van der Waals surface area contributed by atoms with Crippen LogP contribution in [0, 0.1) is 0 Å². The van der Waals surface area contributed by atoms with Gasteiger partial charge in [0.2, 0.25) is 0 Å². The van der Waals surface area contributed by atoms with Crippen LogP contribution in [0.25, 0.3) is 11.2 Å². The number of thioether (sulfide) groups is 1. The van der Waals surface area contributed by atoms with Gasteiger partial charge in [0.15, 0.2) is 5.65 Å². The molecule has 114 valence electrons. The molecule has 0 bridgehead atoms. The Balaban J connectivity index is 1.78. The number of hydrogen-bond donors (Lipinski definition) is 1. The van der Waals surface area contributed by atoms with E-state index in [1.54, 1.807) is 18.1 Å². The van der Waals surface area contributed by atoms with E-state index in [4.69, 9.17) is 11.6 Å². The number of aromatic amines is 1. The molecule has 0 radical (unpaired) electrons. The second-order valence-corrected chi connectivity index (χ2v) is 7.68. The van der Waals surface area contributed by atoms with Crippen LogP contribution in [0.3, 0.4) is 0 Å². The molecular weight excluding hydrogens is 314 g/mol. The third-order valence-electron chi connectivity index (χ3n) is 3.54. The Morgan fingerprint density at radius 3 is 2.59 bits per heavy atom. The van der Waals surface area contributed by atoms with Crippen molar-refractivity contribution in [2.24, 2.45) is 0 Å². The summed E-state index contributed by atoms with van der Waals surface area (Å²) in [6.45, 7) is 6.68. The molecule has 5 heteroatoms. The SMILES string of the molecule is CC(C)(C)c1ccc(CSc2cc(Cl)nc3nc[nH]c23)cc1. The van der Waals surface area contributed by atoms with Gasteiger partial charge < -0.3 is 4.98 Å². The van der Waals surface area contributed by atoms with Crippen LogP contribution < -0.4 is 0 Å². The fourth-order valence-corrected chi connectivity index (χ4v) is 3.50. The van der Waals surface area contributed by atoms with Gasteiger partial charge in [0.25, 0.3) is 0 Å². The molecule has 1 N–H and O–H groups in total. The quantitative estimate of drug-likeness (QED) is 0.529. The van der Waals surface area contributed by atoms with Crippen LogP contribution in [0.2, 0.25) is 5.15 Å². The highest BCUT2D eigenvalue weighted by atomic mass is 35.5. The number of nitrogens with zero attached hydrogens (tertiary/aromatic N) is 2. The molecule has 0 saturated heterocycles. The van der Waals surface area contributed by atoms with Crippen molar-refractivity contribution in [2.75, 3.05) is 0 Å². The number of H-pyrrole nitrogens is 1. The summed E-state index contributed by atoms with van der Waals surface area (Å²) in [6.07, 6.45) is 1.65. The molecule has 3 nitrogen and oxygen atoms in total. The summed E-state index contributed by atoms with van der Waals surface area (Å²) in [5.74, 6) is 0.888. The Morgan fingerprint density at radius 1 is 1.18 bits per heavy atom. The zero-order valence-electron chi connectivity index (χ0n) is 12.9. The molecule has 2 heterocycles. The lowest BCUT2D eigenvalue weighted by Crippen LogP contribution is -2.10. The Labute approximate surface area is 139 Å². The number of hydrogen-bond acceptors (Lipinski definition) is 3. The van der Waals surface area contributed by atoms with Gasteiger partial charge in [-0.1, -0.05) is 56.6 Å². The van der Waals surface area contributed by atoms with Gasteiger partial charge in [-0.05, 0) is 22.6 Å². The number of pyridine rings is 1. The maximum absolute atomic E-state index is 6.06. The maximum Gasteiger partial charge on any atom is 0.179 e. The maximum atomic E-state index is 6.06. The number of halogens is 1. The fourth-order valence-electron chi connectivity index (χ4n) is 2.24. The van der Waals surface area contributed by atoms with Crippen molar-refractivity contribution in [3.63, 3.8) is 0 Å². The molecule has 3 aromatic rings. The van der Waals surface area contributed by atoms with E-state index >= 15 is 0 Å². The average molecular weight is 332 g/mol. The third kappa shape index (κ3) is 3.28. The zero-order valence-corrected chi connectivity index (χ0v) is 14.4. The average Bonchev–Trinajstić information content (AvgIpc) is 2.92. The molecule has 1 aromatic carbocycles. The number of benzene rings is 1. The van der Waals surface area contributed by atoms with Gasteiger partial charge in [-0.25, -0.2) is 9.97 Å². The van der Waals surface area contributed by atoms with Gasteiger partial charge in [-0.15, -0.1) is 11.8 Å². The molecular formula is C17H18ClN3S. The Bertz CT molecular complexity index is 788. The fraction of sp³-hybridized carbons (Fsp3) is 0.294. The van der Waals surface area contributed by atoms with Gasteiger partial charge in [-0.3, -0.25) is 0 Å². The monoisotopic (exact) mass is 331 g/mol. The third-order valence-corrected chi connectivity index (χ3v) is 4.85. The summed E-state index contributed by atoms with van der Waals surface area (Å²) < 4.78 is 0. The minimum absolute atomic E-state index is 0.187. The van der Waals surface area contributed by atoms with E-state index < -0.39 is 0 Å². The second-order valence-electron chi connectivity index (χ2n) is 6.28. The van der Waals surface area contributed by atoms with Gasteiger partial charge in [0, 0.05) is 10.6 Å². The summed E-state index contributed by atoms with van der Waals surface area (Å²) in [5.41, 5.74) is 4.44. The summed E-state index contributed by atoms with van der Waals surface area (Å²) in [6, 6.07) is 10.7. The Hall–Kier alpha value is -1.52. The van der Waals surface area contributed by atoms with Crippen LogP contribution in [0.4, 0.5) is 0 Å². The minimum Gasteiger partial charge on any atom is -0.342 e. The van der Waals surface area contributed by atoms with Gasteiger partial charge >= 0.3 is 0 Å². The van der Waals surface area contributed by atoms with Crippen molar-refractivity contribution in [1.29, 1.82) is 0 Å². The standard InChI is InChI=1S/C17H18ClN3S/c1-17(2,3)12-6-4-11(5-7-12)9-22-13-8-14(18)21-16-15(13)19-10-20-16/h4-8,10H,9H2,1-3H3,(H,19,20,21). The molecule has 3 rings (SSSR count). The van der Waals surface area contributed by atoms with Crippen molar-refractivity contribution in [3.05, 3.63) is 52.9 Å². The molecule has 0 saturated carbocycles. The first-order valence-electron chi connectivity index (χ1n) is 7.15. The highest BCUT2D eigenvalue weighted by Gasteiger charge is 2.13. The summed E-state index contributed by atoms with van der Waals surface area (Å²) in [4.78, 5) is 12.6. The predicted molar refractivity (Wildman–Crippen MR) is 93.6 cm³/mol. The van der Waals surface area contributed by atoms with E-state index in [1.165, 1.54) is 11.1 Å². The molecule has 0 amide bonds. The highest BCUT2D eigenvalue weighted by molar-refractivity contribution is 7.98. The number of fused-ring (bicyclic) bond motifs is 1. The lowest BCUT2D eigenvalue weighted by molar-refractivity contribution is 0.590. The number of imidazole rings is 1. The highest BCUT2D eigenvalue weighted by Crippen LogP contribution is 2.30. The Morgan fingerprint density at radius 2 is 1.91 bits per heavy atom. The van der Waals surface area contributed by atoms with Gasteiger partial charge in [0.1, 0.15) is 5.15 Å². The molecule has 0 unspecified atom stereocenters. The smallest absolute Gasteiger partial charge is 0.179 e. The lowest BCUT2D eigenvalue weighted by atomic mass is 9.87. The summed E-state index contributed by atoms with van der Waals surface area (Å²) in [7, 11) is 0. The van der Waals surface area contributed by atoms with E-state index in [9.17, 15) is 0 Å². The van der Waals surface area contributed by atoms with E-state index in [-0.39, 0.29) is 5.41 Å². The number of rotatable bonds is 3. The van der Waals surface area contributed by atoms with Crippen LogP contribution in [0.15, 0.2) is 41.6 Å². The van der Waals surface area contributed by atoms with E-state index in [1.807, 2.05) is 6.07 Å². The molecule has 0 aliphatic rings. The number of nitrogens with one attached hydrogen (secondary N) is 1. The van der Waals surface area contributed by atoms with Crippen LogP contribution in [0.1, 0.15) is 31.9 Å². The first-order valence-corrected chi connectivity index (χ1v) is 8.52. The van der Waals surface area contributed by atoms with Gasteiger partial charge in [0.05, 0.1) is 11.8 Å². The van der Waals surface area contributed by atoms with Crippen molar-refractivity contribution in [2.45, 2.75) is 36.8 Å². The Kier molecular flexibility index (Phi) is 4.15. The second kappa shape index (κ2) is 5.94. The van der Waals surface area contributed by atoms with E-state index in [2.05, 4.69) is 60.0 Å². The molecule has 0 fully saturated rings. The summed E-state index contributed by atoms with van der Waals surface area (Å²) in [5, 5.41) is 0.477. The number of aromatic nitrogens is 3. The largest absolute Gasteiger partial charge is 0.342 e. The molecule has 0 spiro atoms. The molecule has 0 aliphatic heterocycles. The van der Waals surface area contributed by atoms with Crippen molar-refractivity contribution < 1.29 is 0 Å². The molecule has 2 aromatic heterocycles. The normalized spacial score (nSPS) is 12.0. The van der Waals surface area contributed by atoms with E-state index in [0.29, 0.717) is 10.8 Å². The predicted octanol–water partition coefficient (Wildman–Crippen LogP) is 5.20. The first kappa shape index (κ1) is 15.4. The van der Waals surface area contributed by atoms with E-state index in [0.717, 1.165) is 16.2 Å². The van der Waals surface area contributed by atoms with Crippen LogP contribution in [-0.2, 0) is 11.2 Å². The van der Waals surface area contributed by atoms with Crippen LogP contribution in [0.5, 0.6) is 0 Å². The topological polar surface area (TPSA) is 41.6 Å². The zero-order chi connectivity index (χ0) is 15.7. The van der Waals surface area contributed by atoms with Crippen molar-refractivity contribution in [1.82, 2.24) is 15.0 Å². The lowest BCUT2D eigenvalue weighted by Gasteiger charge is -2.19. The molecule has 22 heavy (non-hydrogen) atoms. The van der Waals surface area contributed by atoms with Crippen LogP contribution >= 0.6 is 23.4 Å². The first-order chi connectivity index (χ1) is 10.4. The summed E-state index contributed by atoms with van der Waals surface area (Å²) >= 11 is 7.79. The van der Waals surface area contributed by atoms with Crippen molar-refractivity contribution in [3.8, 4) is 0 Å². The van der Waals surface area contributed by atoms with Gasteiger partial charge in [-0.2, -0.15) is 0 Å². The van der Waals surface area contributed by atoms with Crippen molar-refractivity contribution >= 4 is 34.5 Å². The van der Waals surface area contributed by atoms with Crippen LogP contribution in [-0.4, -0.2) is 15.0 Å². The molecule has 0 aliphatic carbocycles. The minimum atomic E-state index is 0.187. The molecule has 0 atom stereocenters.